The molecule has 0 bridgehead atoms. The van der Waals surface area contributed by atoms with Crippen LogP contribution in [0, 0.1) is 5.82 Å². The predicted molar refractivity (Wildman–Crippen MR) is 126 cm³/mol. The molecule has 2 N–H and O–H groups in total. The lowest BCUT2D eigenvalue weighted by atomic mass is 9.84. The molecule has 176 valence electrons. The number of benzene rings is 3. The van der Waals surface area contributed by atoms with Crippen LogP contribution in [0.5, 0.6) is 0 Å². The normalized spacial score (nSPS) is 12.5. The van der Waals surface area contributed by atoms with Gasteiger partial charge in [0.05, 0.1) is 7.11 Å². The average molecular weight is 463 g/mol. The van der Waals surface area contributed by atoms with E-state index in [9.17, 15) is 18.8 Å². The highest BCUT2D eigenvalue weighted by Crippen LogP contribution is 2.29. The Morgan fingerprint density at radius 2 is 1.35 bits per heavy atom. The van der Waals surface area contributed by atoms with Crippen LogP contribution in [0.15, 0.2) is 84.9 Å². The molecule has 3 rings (SSSR count). The zero-order valence-corrected chi connectivity index (χ0v) is 19.0. The molecule has 0 saturated carbocycles. The first-order chi connectivity index (χ1) is 16.4. The molecule has 0 saturated heterocycles. The molecule has 0 radical (unpaired) electrons. The van der Waals surface area contributed by atoms with Gasteiger partial charge in [-0.1, -0.05) is 78.9 Å². The summed E-state index contributed by atoms with van der Waals surface area (Å²) in [6, 6.07) is 22.4. The zero-order chi connectivity index (χ0) is 24.5. The zero-order valence-electron chi connectivity index (χ0n) is 19.0. The summed E-state index contributed by atoms with van der Waals surface area (Å²) in [5.41, 5.74) is 1.87. The van der Waals surface area contributed by atoms with E-state index in [1.165, 1.54) is 20.1 Å². The first-order valence-electron chi connectivity index (χ1n) is 10.9. The Morgan fingerprint density at radius 3 is 1.85 bits per heavy atom. The van der Waals surface area contributed by atoms with Crippen LogP contribution in [0.2, 0.25) is 0 Å². The van der Waals surface area contributed by atoms with Crippen LogP contribution in [0.3, 0.4) is 0 Å². The van der Waals surface area contributed by atoms with Gasteiger partial charge >= 0.3 is 5.97 Å². The van der Waals surface area contributed by atoms with Crippen molar-refractivity contribution in [2.45, 2.75) is 31.3 Å². The van der Waals surface area contributed by atoms with Gasteiger partial charge in [-0.15, -0.1) is 0 Å². The Bertz CT molecular complexity index is 1080. The summed E-state index contributed by atoms with van der Waals surface area (Å²) in [4.78, 5) is 38.1. The number of esters is 1. The summed E-state index contributed by atoms with van der Waals surface area (Å²) in [6.07, 6.45) is -0.0761. The number of ether oxygens (including phenoxy) is 1. The molecule has 0 aliphatic heterocycles. The SMILES string of the molecule is COC(=O)[C@@H](NC(=O)[C@@H](Cc1ccccc1F)NC(C)=O)C(c1ccccc1)c1ccccc1. The highest BCUT2D eigenvalue weighted by Gasteiger charge is 2.35. The van der Waals surface area contributed by atoms with Crippen LogP contribution in [0.4, 0.5) is 4.39 Å². The molecule has 0 spiro atoms. The fourth-order valence-corrected chi connectivity index (χ4v) is 3.90. The summed E-state index contributed by atoms with van der Waals surface area (Å²) in [5.74, 6) is -2.75. The number of methoxy groups -OCH3 is 1. The van der Waals surface area contributed by atoms with Gasteiger partial charge in [-0.05, 0) is 22.8 Å². The van der Waals surface area contributed by atoms with Crippen LogP contribution in [-0.2, 0) is 25.5 Å². The molecule has 3 aromatic carbocycles. The van der Waals surface area contributed by atoms with Crippen molar-refractivity contribution in [3.05, 3.63) is 107 Å². The highest BCUT2D eigenvalue weighted by atomic mass is 19.1. The number of rotatable bonds is 9. The number of halogens is 1. The van der Waals surface area contributed by atoms with E-state index in [0.29, 0.717) is 0 Å². The molecule has 6 nitrogen and oxygen atoms in total. The summed E-state index contributed by atoms with van der Waals surface area (Å²) >= 11 is 0. The second-order valence-corrected chi connectivity index (χ2v) is 7.86. The van der Waals surface area contributed by atoms with Crippen LogP contribution >= 0.6 is 0 Å². The molecule has 0 fully saturated rings. The molecular weight excluding hydrogens is 435 g/mol. The Morgan fingerprint density at radius 1 is 0.824 bits per heavy atom. The van der Waals surface area contributed by atoms with E-state index in [1.54, 1.807) is 18.2 Å². The van der Waals surface area contributed by atoms with Gasteiger partial charge in [0.2, 0.25) is 11.8 Å². The van der Waals surface area contributed by atoms with Gasteiger partial charge in [-0.3, -0.25) is 9.59 Å². The molecule has 0 heterocycles. The molecule has 7 heteroatoms. The van der Waals surface area contributed by atoms with Crippen molar-refractivity contribution in [2.24, 2.45) is 0 Å². The third kappa shape index (κ3) is 6.28. The smallest absolute Gasteiger partial charge is 0.329 e. The van der Waals surface area contributed by atoms with Crippen molar-refractivity contribution < 1.29 is 23.5 Å². The molecule has 2 atom stereocenters. The maximum absolute atomic E-state index is 14.2. The van der Waals surface area contributed by atoms with E-state index in [1.807, 2.05) is 60.7 Å². The molecule has 0 aliphatic rings. The molecule has 34 heavy (non-hydrogen) atoms. The molecule has 2 amide bonds. The van der Waals surface area contributed by atoms with Gasteiger partial charge in [-0.25, -0.2) is 9.18 Å². The van der Waals surface area contributed by atoms with Crippen molar-refractivity contribution in [3.8, 4) is 0 Å². The minimum atomic E-state index is -1.09. The van der Waals surface area contributed by atoms with E-state index >= 15 is 0 Å². The maximum Gasteiger partial charge on any atom is 0.329 e. The fourth-order valence-electron chi connectivity index (χ4n) is 3.90. The highest BCUT2D eigenvalue weighted by molar-refractivity contribution is 5.91. The van der Waals surface area contributed by atoms with Crippen molar-refractivity contribution in [1.29, 1.82) is 0 Å². The lowest BCUT2D eigenvalue weighted by Gasteiger charge is -2.29. The third-order valence-corrected chi connectivity index (χ3v) is 5.48. The maximum atomic E-state index is 14.2. The van der Waals surface area contributed by atoms with E-state index in [-0.39, 0.29) is 12.0 Å². The van der Waals surface area contributed by atoms with E-state index in [4.69, 9.17) is 4.74 Å². The topological polar surface area (TPSA) is 84.5 Å². The largest absolute Gasteiger partial charge is 0.467 e. The van der Waals surface area contributed by atoms with Gasteiger partial charge in [-0.2, -0.15) is 0 Å². The number of carbonyl (C=O) groups is 3. The Kier molecular flexibility index (Phi) is 8.51. The molecular formula is C27H27FN2O4. The summed E-state index contributed by atoms with van der Waals surface area (Å²) in [6.45, 7) is 1.27. The first kappa shape index (κ1) is 24.6. The minimum Gasteiger partial charge on any atom is -0.467 e. The van der Waals surface area contributed by atoms with Gasteiger partial charge in [0.25, 0.3) is 0 Å². The minimum absolute atomic E-state index is 0.0761. The number of amides is 2. The van der Waals surface area contributed by atoms with E-state index in [2.05, 4.69) is 10.6 Å². The number of nitrogens with one attached hydrogen (secondary N) is 2. The Balaban J connectivity index is 1.96. The second kappa shape index (κ2) is 11.7. The van der Waals surface area contributed by atoms with E-state index < -0.39 is 41.6 Å². The average Bonchev–Trinajstić information content (AvgIpc) is 2.85. The van der Waals surface area contributed by atoms with Crippen molar-refractivity contribution in [2.75, 3.05) is 7.11 Å². The molecule has 0 unspecified atom stereocenters. The van der Waals surface area contributed by atoms with Crippen LogP contribution in [-0.4, -0.2) is 37.0 Å². The third-order valence-electron chi connectivity index (χ3n) is 5.48. The lowest BCUT2D eigenvalue weighted by Crippen LogP contribution is -2.54. The lowest BCUT2D eigenvalue weighted by molar-refractivity contribution is -0.145. The van der Waals surface area contributed by atoms with Crippen LogP contribution in [0.25, 0.3) is 0 Å². The molecule has 3 aromatic rings. The number of carbonyl (C=O) groups excluding carboxylic acids is 3. The van der Waals surface area contributed by atoms with Crippen molar-refractivity contribution in [3.63, 3.8) is 0 Å². The van der Waals surface area contributed by atoms with Gasteiger partial charge in [0.1, 0.15) is 17.9 Å². The Labute approximate surface area is 198 Å². The predicted octanol–water partition coefficient (Wildman–Crippen LogP) is 3.36. The second-order valence-electron chi connectivity index (χ2n) is 7.86. The molecule has 0 aliphatic carbocycles. The van der Waals surface area contributed by atoms with Crippen LogP contribution < -0.4 is 10.6 Å². The van der Waals surface area contributed by atoms with Crippen molar-refractivity contribution in [1.82, 2.24) is 10.6 Å². The number of hydrogen-bond acceptors (Lipinski definition) is 4. The first-order valence-corrected chi connectivity index (χ1v) is 10.9. The standard InChI is InChI=1S/C27H27FN2O4/c1-18(31)29-23(17-21-15-9-10-16-22(21)28)26(32)30-25(27(33)34-2)24(19-11-5-3-6-12-19)20-13-7-4-8-14-20/h3-16,23-25H,17H2,1-2H3,(H,29,31)(H,30,32)/t23-,25+/m1/s1. The van der Waals surface area contributed by atoms with E-state index in [0.717, 1.165) is 11.1 Å². The quantitative estimate of drug-likeness (QED) is 0.478. The van der Waals surface area contributed by atoms with Gasteiger partial charge in [0.15, 0.2) is 0 Å². The van der Waals surface area contributed by atoms with Gasteiger partial charge < -0.3 is 15.4 Å². The van der Waals surface area contributed by atoms with Crippen LogP contribution in [0.1, 0.15) is 29.5 Å². The summed E-state index contributed by atoms with van der Waals surface area (Å²) in [7, 11) is 1.25. The van der Waals surface area contributed by atoms with Gasteiger partial charge in [0, 0.05) is 19.3 Å². The summed E-state index contributed by atoms with van der Waals surface area (Å²) in [5, 5.41) is 5.33. The Hall–Kier alpha value is -4.00. The number of hydrogen-bond donors (Lipinski definition) is 2. The fraction of sp³-hybridized carbons (Fsp3) is 0.222. The summed E-state index contributed by atoms with van der Waals surface area (Å²) < 4.78 is 19.3. The van der Waals surface area contributed by atoms with Crippen molar-refractivity contribution >= 4 is 17.8 Å². The molecule has 0 aromatic heterocycles. The monoisotopic (exact) mass is 462 g/mol.